The molecule has 23 heavy (non-hydrogen) atoms. The molecule has 0 aliphatic heterocycles. The largest absolute Gasteiger partial charge is 0.497 e. The topological polar surface area (TPSA) is 67.8 Å². The van der Waals surface area contributed by atoms with Crippen molar-refractivity contribution >= 4 is 15.7 Å². The van der Waals surface area contributed by atoms with Crippen LogP contribution in [0.4, 0.5) is 0 Å². The van der Waals surface area contributed by atoms with Crippen molar-refractivity contribution in [3.8, 4) is 5.75 Å². The van der Waals surface area contributed by atoms with Crippen molar-refractivity contribution in [1.29, 1.82) is 0 Å². The van der Waals surface area contributed by atoms with Crippen molar-refractivity contribution in [2.75, 3.05) is 7.11 Å². The van der Waals surface area contributed by atoms with Gasteiger partial charge in [0.1, 0.15) is 5.75 Å². The second-order valence-corrected chi connectivity index (χ2v) is 6.92. The lowest BCUT2D eigenvalue weighted by Gasteiger charge is -2.09. The van der Waals surface area contributed by atoms with E-state index in [1.807, 2.05) is 31.2 Å². The summed E-state index contributed by atoms with van der Waals surface area (Å²) in [6.45, 7) is 5.34. The molecule has 0 fully saturated rings. The Morgan fingerprint density at radius 2 is 1.87 bits per heavy atom. The van der Waals surface area contributed by atoms with Gasteiger partial charge in [0.2, 0.25) is 0 Å². The molecular weight excluding hydrogens is 312 g/mol. The average Bonchev–Trinajstić information content (AvgIpc) is 2.55. The summed E-state index contributed by atoms with van der Waals surface area (Å²) in [5.74, 6) is 0.689. The molecule has 0 saturated heterocycles. The van der Waals surface area contributed by atoms with Gasteiger partial charge in [0.25, 0.3) is 10.0 Å². The van der Waals surface area contributed by atoms with Gasteiger partial charge in [-0.15, -0.1) is 0 Å². The molecule has 2 aromatic rings. The van der Waals surface area contributed by atoms with Crippen LogP contribution < -0.4 is 9.57 Å². The summed E-state index contributed by atoms with van der Waals surface area (Å²) in [6.07, 6.45) is 0. The molecule has 0 bridgehead atoms. The van der Waals surface area contributed by atoms with Crippen molar-refractivity contribution in [3.63, 3.8) is 0 Å². The molecule has 2 aromatic carbocycles. The van der Waals surface area contributed by atoms with E-state index in [0.717, 1.165) is 11.1 Å². The lowest BCUT2D eigenvalue weighted by atomic mass is 10.1. The average molecular weight is 332 g/mol. The Bertz CT molecular complexity index is 843. The standard InChI is InChI=1S/C17H20N2O3S/c1-12-8-9-13(2)17(10-12)23(20,21)19-18-14(3)15-6-5-7-16(11-15)22-4/h5-11,19H,1-4H3/b18-14+. The van der Waals surface area contributed by atoms with Crippen molar-refractivity contribution in [1.82, 2.24) is 4.83 Å². The van der Waals surface area contributed by atoms with Crippen LogP contribution in [-0.2, 0) is 10.0 Å². The first kappa shape index (κ1) is 17.0. The van der Waals surface area contributed by atoms with E-state index in [-0.39, 0.29) is 4.90 Å². The molecule has 0 spiro atoms. The van der Waals surface area contributed by atoms with Gasteiger partial charge in [-0.3, -0.25) is 0 Å². The predicted molar refractivity (Wildman–Crippen MR) is 91.4 cm³/mol. The molecule has 0 amide bonds. The van der Waals surface area contributed by atoms with E-state index in [9.17, 15) is 8.42 Å². The fourth-order valence-corrected chi connectivity index (χ4v) is 3.28. The van der Waals surface area contributed by atoms with Gasteiger partial charge >= 0.3 is 0 Å². The lowest BCUT2D eigenvalue weighted by molar-refractivity contribution is 0.414. The maximum atomic E-state index is 12.4. The van der Waals surface area contributed by atoms with Crippen molar-refractivity contribution in [3.05, 3.63) is 59.2 Å². The number of methoxy groups -OCH3 is 1. The maximum Gasteiger partial charge on any atom is 0.276 e. The SMILES string of the molecule is COc1cccc(/C(C)=N/NS(=O)(=O)c2cc(C)ccc2C)c1. The van der Waals surface area contributed by atoms with Crippen LogP contribution in [0.15, 0.2) is 52.5 Å². The summed E-state index contributed by atoms with van der Waals surface area (Å²) in [7, 11) is -2.12. The van der Waals surface area contributed by atoms with Gasteiger partial charge in [0, 0.05) is 5.56 Å². The first-order valence-electron chi connectivity index (χ1n) is 7.11. The highest BCUT2D eigenvalue weighted by atomic mass is 32.2. The Morgan fingerprint density at radius 1 is 1.13 bits per heavy atom. The zero-order chi connectivity index (χ0) is 17.0. The van der Waals surface area contributed by atoms with Gasteiger partial charge in [-0.2, -0.15) is 18.4 Å². The highest BCUT2D eigenvalue weighted by Crippen LogP contribution is 2.17. The van der Waals surface area contributed by atoms with Crippen molar-refractivity contribution < 1.29 is 13.2 Å². The molecule has 6 heteroatoms. The third-order valence-corrected chi connectivity index (χ3v) is 4.80. The Labute approximate surface area is 137 Å². The molecule has 0 atom stereocenters. The Hall–Kier alpha value is -2.34. The minimum absolute atomic E-state index is 0.236. The fraction of sp³-hybridized carbons (Fsp3) is 0.235. The van der Waals surface area contributed by atoms with Crippen LogP contribution in [0.25, 0.3) is 0 Å². The number of benzene rings is 2. The maximum absolute atomic E-state index is 12.4. The molecule has 122 valence electrons. The summed E-state index contributed by atoms with van der Waals surface area (Å²) >= 11 is 0. The third-order valence-electron chi connectivity index (χ3n) is 3.45. The van der Waals surface area contributed by atoms with E-state index in [1.165, 1.54) is 0 Å². The molecule has 5 nitrogen and oxygen atoms in total. The Morgan fingerprint density at radius 3 is 2.57 bits per heavy atom. The lowest BCUT2D eigenvalue weighted by Crippen LogP contribution is -2.21. The van der Waals surface area contributed by atoms with Gasteiger partial charge in [-0.25, -0.2) is 0 Å². The monoisotopic (exact) mass is 332 g/mol. The number of ether oxygens (including phenoxy) is 1. The number of nitrogens with one attached hydrogen (secondary N) is 1. The minimum Gasteiger partial charge on any atom is -0.497 e. The summed E-state index contributed by atoms with van der Waals surface area (Å²) in [5, 5.41) is 4.01. The summed E-state index contributed by atoms with van der Waals surface area (Å²) in [4.78, 5) is 2.53. The molecule has 0 heterocycles. The molecule has 0 saturated carbocycles. The molecule has 0 aromatic heterocycles. The number of hydrogen-bond donors (Lipinski definition) is 1. The van der Waals surface area contributed by atoms with Gasteiger partial charge in [-0.05, 0) is 50.1 Å². The molecule has 0 unspecified atom stereocenters. The fourth-order valence-electron chi connectivity index (χ4n) is 2.09. The van der Waals surface area contributed by atoms with Crippen LogP contribution >= 0.6 is 0 Å². The molecule has 0 aliphatic carbocycles. The van der Waals surface area contributed by atoms with Crippen LogP contribution in [0, 0.1) is 13.8 Å². The van der Waals surface area contributed by atoms with E-state index in [1.54, 1.807) is 39.2 Å². The second-order valence-electron chi connectivity index (χ2n) is 5.29. The van der Waals surface area contributed by atoms with E-state index >= 15 is 0 Å². The molecule has 0 radical (unpaired) electrons. The zero-order valence-corrected chi connectivity index (χ0v) is 14.4. The Balaban J connectivity index is 2.28. The molecular formula is C17H20N2O3S. The number of hydrazone groups is 1. The minimum atomic E-state index is -3.70. The van der Waals surface area contributed by atoms with E-state index in [2.05, 4.69) is 9.93 Å². The van der Waals surface area contributed by atoms with Gasteiger partial charge in [0.15, 0.2) is 0 Å². The number of rotatable bonds is 5. The molecule has 2 rings (SSSR count). The van der Waals surface area contributed by atoms with Crippen LogP contribution in [0.1, 0.15) is 23.6 Å². The number of aryl methyl sites for hydroxylation is 2. The van der Waals surface area contributed by atoms with E-state index in [4.69, 9.17) is 4.74 Å². The predicted octanol–water partition coefficient (Wildman–Crippen LogP) is 3.01. The molecule has 0 aliphatic rings. The first-order chi connectivity index (χ1) is 10.8. The normalized spacial score (nSPS) is 12.1. The van der Waals surface area contributed by atoms with E-state index < -0.39 is 10.0 Å². The summed E-state index contributed by atoms with van der Waals surface area (Å²) < 4.78 is 30.0. The second kappa shape index (κ2) is 6.83. The van der Waals surface area contributed by atoms with Gasteiger partial charge in [0.05, 0.1) is 17.7 Å². The number of nitrogens with zero attached hydrogens (tertiary/aromatic N) is 1. The van der Waals surface area contributed by atoms with E-state index in [0.29, 0.717) is 17.0 Å². The Kier molecular flexibility index (Phi) is 5.05. The number of sulfonamides is 1. The molecule has 1 N–H and O–H groups in total. The van der Waals surface area contributed by atoms with Crippen molar-refractivity contribution in [2.45, 2.75) is 25.7 Å². The van der Waals surface area contributed by atoms with Gasteiger partial charge in [-0.1, -0.05) is 24.3 Å². The smallest absolute Gasteiger partial charge is 0.276 e. The highest BCUT2D eigenvalue weighted by molar-refractivity contribution is 7.89. The number of hydrogen-bond acceptors (Lipinski definition) is 4. The zero-order valence-electron chi connectivity index (χ0n) is 13.6. The quantitative estimate of drug-likeness (QED) is 0.676. The van der Waals surface area contributed by atoms with Crippen LogP contribution in [0.2, 0.25) is 0 Å². The summed E-state index contributed by atoms with van der Waals surface area (Å²) in [5.41, 5.74) is 2.90. The van der Waals surface area contributed by atoms with Crippen LogP contribution in [0.5, 0.6) is 5.75 Å². The summed E-state index contributed by atoms with van der Waals surface area (Å²) in [6, 6.07) is 12.6. The third kappa shape index (κ3) is 4.10. The highest BCUT2D eigenvalue weighted by Gasteiger charge is 2.16. The van der Waals surface area contributed by atoms with Crippen molar-refractivity contribution in [2.24, 2.45) is 5.10 Å². The first-order valence-corrected chi connectivity index (χ1v) is 8.59. The van der Waals surface area contributed by atoms with Gasteiger partial charge < -0.3 is 4.74 Å². The van der Waals surface area contributed by atoms with Crippen LogP contribution in [-0.4, -0.2) is 21.2 Å². The van der Waals surface area contributed by atoms with Crippen LogP contribution in [0.3, 0.4) is 0 Å².